The number of hydrogen-bond donors (Lipinski definition) is 1. The summed E-state index contributed by atoms with van der Waals surface area (Å²) in [6.07, 6.45) is 0. The largest absolute Gasteiger partial charge is 0.458 e. The van der Waals surface area contributed by atoms with Gasteiger partial charge in [-0.15, -0.1) is 22.7 Å². The fraction of sp³-hybridized carbons (Fsp3) is 0.111. The van der Waals surface area contributed by atoms with E-state index >= 15 is 0 Å². The molecule has 0 bridgehead atoms. The molecule has 0 saturated heterocycles. The minimum atomic E-state index is -1.15. The van der Waals surface area contributed by atoms with Crippen molar-refractivity contribution in [3.05, 3.63) is 70.6 Å². The van der Waals surface area contributed by atoms with Gasteiger partial charge in [0.2, 0.25) is 0 Å². The van der Waals surface area contributed by atoms with Crippen LogP contribution in [0.1, 0.15) is 18.2 Å². The van der Waals surface area contributed by atoms with E-state index in [0.717, 1.165) is 21.4 Å². The lowest BCUT2D eigenvalue weighted by atomic mass is 9.93. The molecule has 1 unspecified atom stereocenters. The molecule has 0 spiro atoms. The first-order valence-electron chi connectivity index (χ1n) is 6.99. The first kappa shape index (κ1) is 13.8. The van der Waals surface area contributed by atoms with Crippen molar-refractivity contribution in [1.29, 1.82) is 0 Å². The third-order valence-electron chi connectivity index (χ3n) is 3.84. The molecule has 4 heteroatoms. The van der Waals surface area contributed by atoms with E-state index in [1.165, 1.54) is 4.88 Å². The van der Waals surface area contributed by atoms with Crippen LogP contribution < -0.4 is 0 Å². The molecule has 0 aliphatic heterocycles. The van der Waals surface area contributed by atoms with E-state index < -0.39 is 5.60 Å². The highest BCUT2D eigenvalue weighted by molar-refractivity contribution is 7.20. The number of hydrogen-bond acceptors (Lipinski definition) is 4. The number of fused-ring (bicyclic) bond motifs is 1. The third-order valence-corrected chi connectivity index (χ3v) is 5.80. The highest BCUT2D eigenvalue weighted by Gasteiger charge is 2.33. The molecule has 0 aliphatic carbocycles. The number of aliphatic hydroxyl groups is 1. The third kappa shape index (κ3) is 2.11. The van der Waals surface area contributed by atoms with E-state index in [-0.39, 0.29) is 0 Å². The van der Waals surface area contributed by atoms with Gasteiger partial charge < -0.3 is 9.52 Å². The van der Waals surface area contributed by atoms with Crippen LogP contribution in [0.3, 0.4) is 0 Å². The molecule has 0 saturated carbocycles. The Balaban J connectivity index is 1.86. The summed E-state index contributed by atoms with van der Waals surface area (Å²) in [6.45, 7) is 1.80. The topological polar surface area (TPSA) is 33.4 Å². The van der Waals surface area contributed by atoms with Crippen LogP contribution >= 0.6 is 22.7 Å². The number of thiophene rings is 2. The molecule has 3 aromatic heterocycles. The summed E-state index contributed by atoms with van der Waals surface area (Å²) in [6, 6.07) is 15.8. The molecule has 110 valence electrons. The van der Waals surface area contributed by atoms with Crippen molar-refractivity contribution in [3.8, 4) is 9.75 Å². The summed E-state index contributed by atoms with van der Waals surface area (Å²) in [5, 5.41) is 16.2. The molecule has 0 amide bonds. The molecular formula is C18H14O2S2. The molecule has 1 N–H and O–H groups in total. The van der Waals surface area contributed by atoms with Crippen molar-refractivity contribution >= 4 is 33.6 Å². The lowest BCUT2D eigenvalue weighted by Crippen LogP contribution is -2.21. The number of furan rings is 1. The van der Waals surface area contributed by atoms with E-state index in [2.05, 4.69) is 11.4 Å². The molecule has 0 radical (unpaired) electrons. The van der Waals surface area contributed by atoms with Crippen LogP contribution in [0, 0.1) is 0 Å². The molecule has 22 heavy (non-hydrogen) atoms. The molecular weight excluding hydrogens is 312 g/mol. The molecule has 2 nitrogen and oxygen atoms in total. The van der Waals surface area contributed by atoms with E-state index in [4.69, 9.17) is 4.42 Å². The summed E-state index contributed by atoms with van der Waals surface area (Å²) < 4.78 is 5.89. The Bertz CT molecular complexity index is 881. The highest BCUT2D eigenvalue weighted by Crippen LogP contribution is 2.42. The van der Waals surface area contributed by atoms with Gasteiger partial charge in [0.25, 0.3) is 0 Å². The Labute approximate surface area is 136 Å². The van der Waals surface area contributed by atoms with E-state index in [0.29, 0.717) is 5.76 Å². The normalized spacial score (nSPS) is 14.3. The second-order valence-corrected chi connectivity index (χ2v) is 7.23. The predicted octanol–water partition coefficient (Wildman–Crippen LogP) is 5.48. The van der Waals surface area contributed by atoms with Gasteiger partial charge in [-0.3, -0.25) is 0 Å². The molecule has 1 aromatic carbocycles. The molecule has 0 aliphatic rings. The van der Waals surface area contributed by atoms with Gasteiger partial charge in [0, 0.05) is 15.8 Å². The molecule has 4 aromatic rings. The van der Waals surface area contributed by atoms with Crippen molar-refractivity contribution in [2.75, 3.05) is 0 Å². The average molecular weight is 326 g/mol. The van der Waals surface area contributed by atoms with Gasteiger partial charge in [0.1, 0.15) is 16.9 Å². The SMILES string of the molecule is CC(O)(c1cc2ccccc2o1)c1ccsc1-c1cccs1. The first-order valence-corrected chi connectivity index (χ1v) is 8.75. The van der Waals surface area contributed by atoms with Crippen molar-refractivity contribution in [1.82, 2.24) is 0 Å². The van der Waals surface area contributed by atoms with Gasteiger partial charge in [-0.25, -0.2) is 0 Å². The van der Waals surface area contributed by atoms with Gasteiger partial charge in [-0.1, -0.05) is 24.3 Å². The molecule has 0 fully saturated rings. The first-order chi connectivity index (χ1) is 10.7. The van der Waals surface area contributed by atoms with Gasteiger partial charge in [0.05, 0.1) is 4.88 Å². The van der Waals surface area contributed by atoms with Crippen molar-refractivity contribution < 1.29 is 9.52 Å². The fourth-order valence-electron chi connectivity index (χ4n) is 2.65. The minimum absolute atomic E-state index is 0.574. The second-order valence-electron chi connectivity index (χ2n) is 5.36. The Morgan fingerprint density at radius 1 is 1.00 bits per heavy atom. The van der Waals surface area contributed by atoms with Crippen molar-refractivity contribution in [3.63, 3.8) is 0 Å². The second kappa shape index (κ2) is 5.09. The monoisotopic (exact) mass is 326 g/mol. The van der Waals surface area contributed by atoms with Gasteiger partial charge in [0.15, 0.2) is 0 Å². The molecule has 4 rings (SSSR count). The van der Waals surface area contributed by atoms with E-state index in [9.17, 15) is 5.11 Å². The van der Waals surface area contributed by atoms with E-state index in [1.807, 2.05) is 47.8 Å². The summed E-state index contributed by atoms with van der Waals surface area (Å²) in [5.74, 6) is 0.574. The lowest BCUT2D eigenvalue weighted by Gasteiger charge is -2.21. The quantitative estimate of drug-likeness (QED) is 0.541. The minimum Gasteiger partial charge on any atom is -0.458 e. The Morgan fingerprint density at radius 2 is 1.86 bits per heavy atom. The summed E-state index contributed by atoms with van der Waals surface area (Å²) >= 11 is 3.32. The standard InChI is InChI=1S/C18H14O2S2/c1-18(19,16-11-12-5-2-3-6-14(12)20-16)13-8-10-22-17(13)15-7-4-9-21-15/h2-11,19H,1H3. The highest BCUT2D eigenvalue weighted by atomic mass is 32.1. The van der Waals surface area contributed by atoms with Crippen LogP contribution in [-0.4, -0.2) is 5.11 Å². The van der Waals surface area contributed by atoms with Crippen LogP contribution in [0.2, 0.25) is 0 Å². The average Bonchev–Trinajstić information content (AvgIpc) is 3.25. The van der Waals surface area contributed by atoms with Gasteiger partial charge >= 0.3 is 0 Å². The Morgan fingerprint density at radius 3 is 2.64 bits per heavy atom. The van der Waals surface area contributed by atoms with Gasteiger partial charge in [-0.2, -0.15) is 0 Å². The lowest BCUT2D eigenvalue weighted by molar-refractivity contribution is 0.0796. The predicted molar refractivity (Wildman–Crippen MR) is 92.5 cm³/mol. The van der Waals surface area contributed by atoms with E-state index in [1.54, 1.807) is 29.6 Å². The van der Waals surface area contributed by atoms with Crippen molar-refractivity contribution in [2.24, 2.45) is 0 Å². The van der Waals surface area contributed by atoms with Crippen LogP contribution in [0.25, 0.3) is 20.7 Å². The van der Waals surface area contributed by atoms with Crippen LogP contribution in [0.15, 0.2) is 63.7 Å². The Kier molecular flexibility index (Phi) is 3.18. The molecule has 3 heterocycles. The summed E-state index contributed by atoms with van der Waals surface area (Å²) in [4.78, 5) is 2.27. The number of benzene rings is 1. The smallest absolute Gasteiger partial charge is 0.146 e. The molecule has 1 atom stereocenters. The number of para-hydroxylation sites is 1. The zero-order valence-corrected chi connectivity index (χ0v) is 13.6. The maximum atomic E-state index is 11.1. The van der Waals surface area contributed by atoms with Crippen molar-refractivity contribution in [2.45, 2.75) is 12.5 Å². The van der Waals surface area contributed by atoms with Gasteiger partial charge in [-0.05, 0) is 41.9 Å². The Hall–Kier alpha value is -1.88. The van der Waals surface area contributed by atoms with Crippen LogP contribution in [0.4, 0.5) is 0 Å². The summed E-state index contributed by atoms with van der Waals surface area (Å²) in [7, 11) is 0. The summed E-state index contributed by atoms with van der Waals surface area (Å²) in [5.41, 5.74) is 0.530. The zero-order valence-electron chi connectivity index (χ0n) is 11.9. The fourth-order valence-corrected chi connectivity index (χ4v) is 4.53. The maximum Gasteiger partial charge on any atom is 0.146 e. The van der Waals surface area contributed by atoms with Crippen LogP contribution in [-0.2, 0) is 5.60 Å². The maximum absolute atomic E-state index is 11.1. The number of rotatable bonds is 3. The van der Waals surface area contributed by atoms with Crippen LogP contribution in [0.5, 0.6) is 0 Å². The zero-order chi connectivity index (χ0) is 15.2.